The molecular weight excluding hydrogens is 242 g/mol. The Balaban J connectivity index is 2.26. The minimum Gasteiger partial charge on any atom is -0.383 e. The number of imidazole rings is 1. The third kappa shape index (κ3) is 1.48. The highest BCUT2D eigenvalue weighted by Crippen LogP contribution is 2.52. The fourth-order valence-electron chi connectivity index (χ4n) is 2.93. The number of nitrogens with zero attached hydrogens (tertiary/aromatic N) is 2. The molecule has 4 heteroatoms. The van der Waals surface area contributed by atoms with E-state index in [2.05, 4.69) is 36.6 Å². The normalized spacial score (nSPS) is 17.9. The molecule has 0 amide bonds. The number of pyridine rings is 1. The smallest absolute Gasteiger partial charge is 0.139 e. The predicted molar refractivity (Wildman–Crippen MR) is 78.1 cm³/mol. The molecule has 0 spiro atoms. The number of nitrogens with two attached hydrogens (primary N) is 1. The molecule has 0 saturated heterocycles. The minimum absolute atomic E-state index is 0.163. The highest BCUT2D eigenvalue weighted by atomic mass is 32.2. The summed E-state index contributed by atoms with van der Waals surface area (Å²) < 4.78 is 2.25. The molecule has 2 aromatic rings. The molecule has 0 aromatic carbocycles. The minimum atomic E-state index is 0.163. The second kappa shape index (κ2) is 3.92. The van der Waals surface area contributed by atoms with Crippen molar-refractivity contribution >= 4 is 23.2 Å². The van der Waals surface area contributed by atoms with Crippen LogP contribution in [-0.4, -0.2) is 15.6 Å². The van der Waals surface area contributed by atoms with Crippen LogP contribution in [0.3, 0.4) is 0 Å². The quantitative estimate of drug-likeness (QED) is 0.902. The van der Waals surface area contributed by atoms with E-state index in [9.17, 15) is 0 Å². The van der Waals surface area contributed by atoms with Crippen molar-refractivity contribution in [1.82, 2.24) is 9.38 Å². The monoisotopic (exact) mass is 261 g/mol. The standard InChI is InChI=1S/C14H19N3S/c1-9-7-10(2)17-11(8-9)16-12(13(17)15)14(18-3)5-4-6-14/h7-8H,4-6,15H2,1-3H3. The Labute approximate surface area is 112 Å². The van der Waals surface area contributed by atoms with Crippen molar-refractivity contribution in [3.05, 3.63) is 29.1 Å². The van der Waals surface area contributed by atoms with Crippen molar-refractivity contribution < 1.29 is 0 Å². The van der Waals surface area contributed by atoms with Gasteiger partial charge in [-0.2, -0.15) is 11.8 Å². The van der Waals surface area contributed by atoms with Gasteiger partial charge in [0.1, 0.15) is 11.5 Å². The third-order valence-corrected chi connectivity index (χ3v) is 5.45. The van der Waals surface area contributed by atoms with E-state index in [1.165, 1.54) is 24.8 Å². The van der Waals surface area contributed by atoms with Crippen LogP contribution >= 0.6 is 11.8 Å². The highest BCUT2D eigenvalue weighted by Gasteiger charge is 2.42. The SMILES string of the molecule is CSC1(c2nc3cc(C)cc(C)n3c2N)CCC1. The van der Waals surface area contributed by atoms with E-state index in [1.54, 1.807) is 0 Å². The van der Waals surface area contributed by atoms with Crippen LogP contribution in [0.1, 0.15) is 36.2 Å². The molecule has 1 fully saturated rings. The number of aryl methyl sites for hydroxylation is 2. The predicted octanol–water partition coefficient (Wildman–Crippen LogP) is 3.28. The molecule has 1 aliphatic rings. The number of thioether (sulfide) groups is 1. The molecule has 0 aliphatic heterocycles. The number of nitrogen functional groups attached to an aromatic ring is 1. The molecular formula is C14H19N3S. The zero-order chi connectivity index (χ0) is 12.9. The molecule has 0 radical (unpaired) electrons. The van der Waals surface area contributed by atoms with Gasteiger partial charge in [-0.1, -0.05) is 0 Å². The first kappa shape index (κ1) is 11.9. The molecule has 0 bridgehead atoms. The van der Waals surface area contributed by atoms with Gasteiger partial charge in [0.05, 0.1) is 10.4 Å². The first-order valence-electron chi connectivity index (χ1n) is 6.38. The van der Waals surface area contributed by atoms with E-state index in [0.29, 0.717) is 0 Å². The van der Waals surface area contributed by atoms with Crippen LogP contribution < -0.4 is 5.73 Å². The van der Waals surface area contributed by atoms with Gasteiger partial charge >= 0.3 is 0 Å². The summed E-state index contributed by atoms with van der Waals surface area (Å²) in [6, 6.07) is 4.26. The Morgan fingerprint density at radius 2 is 2.06 bits per heavy atom. The summed E-state index contributed by atoms with van der Waals surface area (Å²) in [5.41, 5.74) is 10.8. The van der Waals surface area contributed by atoms with Gasteiger partial charge in [0.2, 0.25) is 0 Å². The zero-order valence-electron chi connectivity index (χ0n) is 11.2. The Morgan fingerprint density at radius 1 is 1.33 bits per heavy atom. The maximum atomic E-state index is 6.35. The average molecular weight is 261 g/mol. The Kier molecular flexibility index (Phi) is 2.59. The molecule has 3 rings (SSSR count). The fourth-order valence-corrected chi connectivity index (χ4v) is 3.97. The molecule has 1 saturated carbocycles. The van der Waals surface area contributed by atoms with E-state index in [0.717, 1.165) is 22.9 Å². The van der Waals surface area contributed by atoms with Crippen molar-refractivity contribution in [3.63, 3.8) is 0 Å². The lowest BCUT2D eigenvalue weighted by Crippen LogP contribution is -2.31. The molecule has 2 aromatic heterocycles. The summed E-state index contributed by atoms with van der Waals surface area (Å²) in [5.74, 6) is 0.830. The van der Waals surface area contributed by atoms with Gasteiger partial charge in [-0.25, -0.2) is 4.98 Å². The van der Waals surface area contributed by atoms with Gasteiger partial charge in [0.25, 0.3) is 0 Å². The first-order valence-corrected chi connectivity index (χ1v) is 7.61. The third-order valence-electron chi connectivity index (χ3n) is 4.07. The number of aromatic nitrogens is 2. The summed E-state index contributed by atoms with van der Waals surface area (Å²) in [7, 11) is 0. The number of hydrogen-bond acceptors (Lipinski definition) is 3. The highest BCUT2D eigenvalue weighted by molar-refractivity contribution is 7.99. The lowest BCUT2D eigenvalue weighted by molar-refractivity contribution is 0.368. The lowest BCUT2D eigenvalue weighted by Gasteiger charge is -2.39. The summed E-state index contributed by atoms with van der Waals surface area (Å²) >= 11 is 1.90. The van der Waals surface area contributed by atoms with E-state index in [1.807, 2.05) is 11.8 Å². The number of hydrogen-bond donors (Lipinski definition) is 1. The summed E-state index contributed by atoms with van der Waals surface area (Å²) in [5, 5.41) is 0. The zero-order valence-corrected chi connectivity index (χ0v) is 12.0. The van der Waals surface area contributed by atoms with Gasteiger partial charge in [-0.15, -0.1) is 0 Å². The van der Waals surface area contributed by atoms with Crippen molar-refractivity contribution in [2.45, 2.75) is 37.9 Å². The number of rotatable bonds is 2. The van der Waals surface area contributed by atoms with Crippen molar-refractivity contribution in [1.29, 1.82) is 0 Å². The average Bonchev–Trinajstić information content (AvgIpc) is 2.56. The number of anilines is 1. The van der Waals surface area contributed by atoms with E-state index < -0.39 is 0 Å². The second-order valence-corrected chi connectivity index (χ2v) is 6.46. The summed E-state index contributed by atoms with van der Waals surface area (Å²) in [6.45, 7) is 4.19. The van der Waals surface area contributed by atoms with Crippen LogP contribution in [0.2, 0.25) is 0 Å². The summed E-state index contributed by atoms with van der Waals surface area (Å²) in [6.07, 6.45) is 5.84. The molecule has 18 heavy (non-hydrogen) atoms. The maximum Gasteiger partial charge on any atom is 0.139 e. The van der Waals surface area contributed by atoms with Gasteiger partial charge in [-0.3, -0.25) is 4.40 Å². The van der Waals surface area contributed by atoms with E-state index in [-0.39, 0.29) is 4.75 Å². The van der Waals surface area contributed by atoms with Crippen molar-refractivity contribution in [3.8, 4) is 0 Å². The lowest BCUT2D eigenvalue weighted by atomic mass is 9.81. The van der Waals surface area contributed by atoms with Crippen LogP contribution in [0.15, 0.2) is 12.1 Å². The Hall–Kier alpha value is -1.16. The van der Waals surface area contributed by atoms with E-state index >= 15 is 0 Å². The van der Waals surface area contributed by atoms with Crippen molar-refractivity contribution in [2.75, 3.05) is 12.0 Å². The first-order chi connectivity index (χ1) is 8.57. The topological polar surface area (TPSA) is 43.3 Å². The molecule has 0 atom stereocenters. The van der Waals surface area contributed by atoms with Gasteiger partial charge in [0, 0.05) is 5.69 Å². The van der Waals surface area contributed by atoms with Gasteiger partial charge < -0.3 is 5.73 Å². The molecule has 2 N–H and O–H groups in total. The molecule has 1 aliphatic carbocycles. The van der Waals surface area contributed by atoms with Gasteiger partial charge in [-0.05, 0) is 57.1 Å². The molecule has 96 valence electrons. The number of fused-ring (bicyclic) bond motifs is 1. The maximum absolute atomic E-state index is 6.35. The molecule has 0 unspecified atom stereocenters. The largest absolute Gasteiger partial charge is 0.383 e. The van der Waals surface area contributed by atoms with Crippen LogP contribution in [0, 0.1) is 13.8 Å². The van der Waals surface area contributed by atoms with Gasteiger partial charge in [0.15, 0.2) is 0 Å². The fraction of sp³-hybridized carbons (Fsp3) is 0.500. The van der Waals surface area contributed by atoms with Crippen LogP contribution in [0.25, 0.3) is 5.65 Å². The Morgan fingerprint density at radius 3 is 2.61 bits per heavy atom. The molecule has 2 heterocycles. The van der Waals surface area contributed by atoms with Crippen LogP contribution in [0.4, 0.5) is 5.82 Å². The summed E-state index contributed by atoms with van der Waals surface area (Å²) in [4.78, 5) is 4.82. The van der Waals surface area contributed by atoms with Crippen LogP contribution in [-0.2, 0) is 4.75 Å². The van der Waals surface area contributed by atoms with Crippen molar-refractivity contribution in [2.24, 2.45) is 0 Å². The Bertz CT molecular complexity index is 606. The second-order valence-electron chi connectivity index (χ2n) is 5.27. The van der Waals surface area contributed by atoms with Crippen LogP contribution in [0.5, 0.6) is 0 Å². The van der Waals surface area contributed by atoms with E-state index in [4.69, 9.17) is 10.7 Å². The molecule has 3 nitrogen and oxygen atoms in total.